The summed E-state index contributed by atoms with van der Waals surface area (Å²) in [5.74, 6) is -1.75. The number of benzene rings is 1. The van der Waals surface area contributed by atoms with Crippen molar-refractivity contribution in [1.82, 2.24) is 4.57 Å². The zero-order valence-corrected chi connectivity index (χ0v) is 15.3. The number of hydrogen-bond donors (Lipinski definition) is 1. The highest BCUT2D eigenvalue weighted by atomic mass is 16.5. The van der Waals surface area contributed by atoms with Gasteiger partial charge in [-0.05, 0) is 38.1 Å². The number of ether oxygens (including phenoxy) is 2. The fraction of sp³-hybridized carbons (Fsp3) is 0.263. The van der Waals surface area contributed by atoms with Crippen molar-refractivity contribution in [2.45, 2.75) is 13.8 Å². The van der Waals surface area contributed by atoms with Gasteiger partial charge in [-0.3, -0.25) is 9.59 Å². The monoisotopic (exact) mass is 372 g/mol. The molecule has 0 bridgehead atoms. The number of rotatable bonds is 6. The van der Waals surface area contributed by atoms with Gasteiger partial charge >= 0.3 is 11.9 Å². The smallest absolute Gasteiger partial charge is 0.338 e. The van der Waals surface area contributed by atoms with Crippen molar-refractivity contribution in [2.75, 3.05) is 18.5 Å². The van der Waals surface area contributed by atoms with Gasteiger partial charge in [-0.15, -0.1) is 0 Å². The van der Waals surface area contributed by atoms with Crippen LogP contribution in [0.1, 0.15) is 44.9 Å². The summed E-state index contributed by atoms with van der Waals surface area (Å²) in [6.07, 6.45) is 1.39. The molecule has 8 nitrogen and oxygen atoms in total. The van der Waals surface area contributed by atoms with Crippen molar-refractivity contribution in [3.05, 3.63) is 63.6 Å². The molecule has 0 aliphatic rings. The molecular weight excluding hydrogens is 352 g/mol. The Morgan fingerprint density at radius 3 is 1.96 bits per heavy atom. The van der Waals surface area contributed by atoms with Crippen LogP contribution < -0.4 is 10.9 Å². The molecule has 142 valence electrons. The molecule has 1 aromatic carbocycles. The Bertz CT molecular complexity index is 896. The van der Waals surface area contributed by atoms with E-state index in [9.17, 15) is 19.2 Å². The highest BCUT2D eigenvalue weighted by molar-refractivity contribution is 6.05. The third-order valence-corrected chi connectivity index (χ3v) is 3.56. The minimum atomic E-state index is -0.624. The van der Waals surface area contributed by atoms with E-state index >= 15 is 0 Å². The van der Waals surface area contributed by atoms with Gasteiger partial charge in [0.2, 0.25) is 5.56 Å². The lowest BCUT2D eigenvalue weighted by Crippen LogP contribution is -2.20. The van der Waals surface area contributed by atoms with Gasteiger partial charge in [0.1, 0.15) is 0 Å². The second-order valence-corrected chi connectivity index (χ2v) is 5.56. The van der Waals surface area contributed by atoms with E-state index in [1.54, 1.807) is 13.8 Å². The maximum absolute atomic E-state index is 12.4. The molecule has 2 rings (SSSR count). The molecule has 1 heterocycles. The van der Waals surface area contributed by atoms with Crippen LogP contribution in [0, 0.1) is 0 Å². The second-order valence-electron chi connectivity index (χ2n) is 5.56. The molecule has 0 atom stereocenters. The fourth-order valence-electron chi connectivity index (χ4n) is 2.30. The van der Waals surface area contributed by atoms with Crippen molar-refractivity contribution in [3.8, 4) is 0 Å². The standard InChI is InChI=1S/C19H20N2O6/c1-4-26-18(24)13-8-14(19(25)27-5-2)10-15(9-13)20-17(23)12-6-7-16(22)21(3)11-12/h6-11H,4-5H2,1-3H3,(H,20,23). The van der Waals surface area contributed by atoms with Gasteiger partial charge in [0.05, 0.1) is 29.9 Å². The lowest BCUT2D eigenvalue weighted by molar-refractivity contribution is 0.0525. The minimum absolute atomic E-state index is 0.109. The summed E-state index contributed by atoms with van der Waals surface area (Å²) in [5.41, 5.74) is 0.440. The van der Waals surface area contributed by atoms with Crippen LogP contribution >= 0.6 is 0 Å². The molecule has 27 heavy (non-hydrogen) atoms. The first kappa shape index (κ1) is 19.9. The van der Waals surface area contributed by atoms with Gasteiger partial charge in [0.25, 0.3) is 5.91 Å². The van der Waals surface area contributed by atoms with Crippen molar-refractivity contribution in [1.29, 1.82) is 0 Å². The summed E-state index contributed by atoms with van der Waals surface area (Å²) in [4.78, 5) is 48.0. The Morgan fingerprint density at radius 2 is 1.48 bits per heavy atom. The first-order valence-electron chi connectivity index (χ1n) is 8.33. The first-order chi connectivity index (χ1) is 12.8. The molecule has 0 saturated heterocycles. The zero-order valence-electron chi connectivity index (χ0n) is 15.3. The van der Waals surface area contributed by atoms with Crippen LogP contribution in [0.4, 0.5) is 5.69 Å². The predicted octanol–water partition coefficient (Wildman–Crippen LogP) is 1.99. The van der Waals surface area contributed by atoms with Gasteiger partial charge in [-0.1, -0.05) is 0 Å². The number of nitrogens with zero attached hydrogens (tertiary/aromatic N) is 1. The molecular formula is C19H20N2O6. The van der Waals surface area contributed by atoms with E-state index in [0.717, 1.165) is 0 Å². The summed E-state index contributed by atoms with van der Waals surface area (Å²) >= 11 is 0. The SMILES string of the molecule is CCOC(=O)c1cc(NC(=O)c2ccc(=O)n(C)c2)cc(C(=O)OCC)c1. The van der Waals surface area contributed by atoms with Crippen LogP contribution in [0.5, 0.6) is 0 Å². The number of hydrogen-bond acceptors (Lipinski definition) is 6. The lowest BCUT2D eigenvalue weighted by Gasteiger charge is -2.11. The molecule has 0 unspecified atom stereocenters. The number of carbonyl (C=O) groups is 3. The highest BCUT2D eigenvalue weighted by Crippen LogP contribution is 2.18. The Balaban J connectivity index is 2.37. The third kappa shape index (κ3) is 5.04. The van der Waals surface area contributed by atoms with E-state index in [1.807, 2.05) is 0 Å². The molecule has 0 aliphatic carbocycles. The van der Waals surface area contributed by atoms with Crippen molar-refractivity contribution in [2.24, 2.45) is 7.05 Å². The van der Waals surface area contributed by atoms with Gasteiger partial charge in [-0.25, -0.2) is 9.59 Å². The molecule has 0 aliphatic heterocycles. The van der Waals surface area contributed by atoms with E-state index < -0.39 is 17.8 Å². The maximum Gasteiger partial charge on any atom is 0.338 e. The molecule has 8 heteroatoms. The van der Waals surface area contributed by atoms with Gasteiger partial charge in [0, 0.05) is 25.0 Å². The van der Waals surface area contributed by atoms with Crippen LogP contribution in [0.2, 0.25) is 0 Å². The van der Waals surface area contributed by atoms with Crippen LogP contribution in [0.25, 0.3) is 0 Å². The Morgan fingerprint density at radius 1 is 0.926 bits per heavy atom. The fourth-order valence-corrected chi connectivity index (χ4v) is 2.30. The van der Waals surface area contributed by atoms with E-state index in [1.165, 1.54) is 48.1 Å². The summed E-state index contributed by atoms with van der Waals surface area (Å²) in [6.45, 7) is 3.66. The highest BCUT2D eigenvalue weighted by Gasteiger charge is 2.16. The number of aromatic nitrogens is 1. The number of anilines is 1. The minimum Gasteiger partial charge on any atom is -0.462 e. The van der Waals surface area contributed by atoms with E-state index in [-0.39, 0.29) is 41.2 Å². The largest absolute Gasteiger partial charge is 0.462 e. The van der Waals surface area contributed by atoms with Crippen LogP contribution in [-0.4, -0.2) is 35.6 Å². The Kier molecular flexibility index (Phi) is 6.48. The lowest BCUT2D eigenvalue weighted by atomic mass is 10.1. The summed E-state index contributed by atoms with van der Waals surface area (Å²) in [6, 6.07) is 6.81. The first-order valence-corrected chi connectivity index (χ1v) is 8.33. The number of nitrogens with one attached hydrogen (secondary N) is 1. The van der Waals surface area contributed by atoms with E-state index in [2.05, 4.69) is 5.32 Å². The normalized spacial score (nSPS) is 10.2. The molecule has 0 fully saturated rings. The zero-order chi connectivity index (χ0) is 20.0. The van der Waals surface area contributed by atoms with Gasteiger partial charge < -0.3 is 19.4 Å². The number of aryl methyl sites for hydroxylation is 1. The van der Waals surface area contributed by atoms with Gasteiger partial charge in [-0.2, -0.15) is 0 Å². The molecule has 2 aromatic rings. The number of amides is 1. The topological polar surface area (TPSA) is 104 Å². The predicted molar refractivity (Wildman–Crippen MR) is 98.0 cm³/mol. The summed E-state index contributed by atoms with van der Waals surface area (Å²) < 4.78 is 11.2. The average molecular weight is 372 g/mol. The molecule has 1 amide bonds. The van der Waals surface area contributed by atoms with Crippen molar-refractivity contribution in [3.63, 3.8) is 0 Å². The summed E-state index contributed by atoms with van der Waals surface area (Å²) in [7, 11) is 1.53. The maximum atomic E-state index is 12.4. The number of pyridine rings is 1. The Labute approximate surface area is 155 Å². The summed E-state index contributed by atoms with van der Waals surface area (Å²) in [5, 5.41) is 2.61. The van der Waals surface area contributed by atoms with Gasteiger partial charge in [0.15, 0.2) is 0 Å². The average Bonchev–Trinajstić information content (AvgIpc) is 2.64. The van der Waals surface area contributed by atoms with Crippen molar-refractivity contribution < 1.29 is 23.9 Å². The second kappa shape index (κ2) is 8.79. The number of carbonyl (C=O) groups excluding carboxylic acids is 3. The van der Waals surface area contributed by atoms with Crippen LogP contribution in [0.15, 0.2) is 41.3 Å². The van der Waals surface area contributed by atoms with Crippen LogP contribution in [-0.2, 0) is 16.5 Å². The van der Waals surface area contributed by atoms with E-state index in [4.69, 9.17) is 9.47 Å². The molecule has 1 aromatic heterocycles. The van der Waals surface area contributed by atoms with Crippen molar-refractivity contribution >= 4 is 23.5 Å². The molecule has 0 spiro atoms. The molecule has 0 saturated carbocycles. The molecule has 0 radical (unpaired) electrons. The quantitative estimate of drug-likeness (QED) is 0.778. The third-order valence-electron chi connectivity index (χ3n) is 3.56. The van der Waals surface area contributed by atoms with Crippen LogP contribution in [0.3, 0.4) is 0 Å². The Hall–Kier alpha value is -3.42. The molecule has 1 N–H and O–H groups in total. The number of esters is 2. The van der Waals surface area contributed by atoms with E-state index in [0.29, 0.717) is 0 Å².